The number of rotatable bonds is 2. The van der Waals surface area contributed by atoms with Gasteiger partial charge in [0.2, 0.25) is 0 Å². The lowest BCUT2D eigenvalue weighted by Crippen LogP contribution is -1.96. The number of hydrogen-bond acceptors (Lipinski definition) is 3. The number of methoxy groups -OCH3 is 2. The molecule has 3 nitrogen and oxygen atoms in total. The lowest BCUT2D eigenvalue weighted by atomic mass is 10.1. The van der Waals surface area contributed by atoms with Crippen LogP contribution in [-0.2, 0) is 0 Å². The van der Waals surface area contributed by atoms with Crippen LogP contribution in [-0.4, -0.2) is 28.0 Å². The Hall–Kier alpha value is -1.99. The van der Waals surface area contributed by atoms with Crippen LogP contribution in [0.15, 0.2) is 24.4 Å². The van der Waals surface area contributed by atoms with E-state index < -0.39 is 8.80 Å². The molecule has 0 radical (unpaired) electrons. The average molecular weight is 271 g/mol. The molecule has 0 aliphatic heterocycles. The minimum Gasteiger partial charge on any atom is -0.496 e. The van der Waals surface area contributed by atoms with Gasteiger partial charge in [0.05, 0.1) is 19.6 Å². The highest BCUT2D eigenvalue weighted by atomic mass is 28.3. The lowest BCUT2D eigenvalue weighted by molar-refractivity contribution is 0.409. The van der Waals surface area contributed by atoms with Gasteiger partial charge in [-0.3, -0.25) is 4.98 Å². The van der Waals surface area contributed by atoms with E-state index in [1.165, 1.54) is 0 Å². The van der Waals surface area contributed by atoms with E-state index in [2.05, 4.69) is 29.5 Å². The molecule has 1 aromatic heterocycles. The van der Waals surface area contributed by atoms with Gasteiger partial charge < -0.3 is 9.47 Å². The predicted molar refractivity (Wildman–Crippen MR) is 80.6 cm³/mol. The summed E-state index contributed by atoms with van der Waals surface area (Å²) in [6.45, 7) is 4.41. The minimum atomic E-state index is -0.918. The molecule has 0 spiro atoms. The zero-order valence-corrected chi connectivity index (χ0v) is 12.8. The number of nitrogens with zero attached hydrogens (tertiary/aromatic N) is 1. The van der Waals surface area contributed by atoms with Crippen LogP contribution in [0.5, 0.6) is 11.5 Å². The molecule has 1 heterocycles. The summed E-state index contributed by atoms with van der Waals surface area (Å²) in [6, 6.07) is 5.68. The molecule has 0 aliphatic rings. The van der Waals surface area contributed by atoms with Crippen molar-refractivity contribution in [1.29, 1.82) is 0 Å². The van der Waals surface area contributed by atoms with Crippen molar-refractivity contribution in [3.63, 3.8) is 0 Å². The largest absolute Gasteiger partial charge is 0.496 e. The van der Waals surface area contributed by atoms with E-state index in [0.717, 1.165) is 28.0 Å². The molecule has 2 aromatic rings. The zero-order chi connectivity index (χ0) is 13.8. The summed E-state index contributed by atoms with van der Waals surface area (Å²) in [4.78, 5) is 4.39. The molecular weight excluding hydrogens is 254 g/mol. The molecule has 0 saturated heterocycles. The maximum atomic E-state index is 5.42. The Balaban J connectivity index is 2.76. The number of aromatic nitrogens is 1. The second-order valence-corrected chi connectivity index (χ2v) is 7.07. The highest BCUT2D eigenvalue weighted by molar-refractivity contribution is 6.64. The van der Waals surface area contributed by atoms with E-state index >= 15 is 0 Å². The smallest absolute Gasteiger partial charge is 0.145 e. The molecule has 4 heteroatoms. The molecule has 2 rings (SSSR count). The van der Waals surface area contributed by atoms with Crippen molar-refractivity contribution in [2.24, 2.45) is 0 Å². The van der Waals surface area contributed by atoms with Gasteiger partial charge >= 0.3 is 0 Å². The molecule has 0 bridgehead atoms. The fourth-order valence-corrected chi connectivity index (χ4v) is 2.32. The van der Waals surface area contributed by atoms with Crippen LogP contribution >= 0.6 is 0 Å². The number of ether oxygens (including phenoxy) is 2. The van der Waals surface area contributed by atoms with Gasteiger partial charge in [0.15, 0.2) is 0 Å². The molecule has 0 unspecified atom stereocenters. The molecule has 1 aromatic carbocycles. The molecule has 19 heavy (non-hydrogen) atoms. The van der Waals surface area contributed by atoms with Crippen molar-refractivity contribution >= 4 is 19.7 Å². The fourth-order valence-electron chi connectivity index (χ4n) is 1.87. The Bertz CT molecular complexity index is 656. The summed E-state index contributed by atoms with van der Waals surface area (Å²) in [5.74, 6) is 4.76. The highest BCUT2D eigenvalue weighted by Crippen LogP contribution is 2.33. The first-order chi connectivity index (χ1) is 9.17. The van der Waals surface area contributed by atoms with Crippen molar-refractivity contribution in [1.82, 2.24) is 4.98 Å². The van der Waals surface area contributed by atoms with E-state index in [1.807, 2.05) is 18.2 Å². The van der Waals surface area contributed by atoms with E-state index in [0.29, 0.717) is 0 Å². The lowest BCUT2D eigenvalue weighted by Gasteiger charge is -2.10. The first-order valence-corrected chi connectivity index (χ1v) is 9.07. The third kappa shape index (κ3) is 2.72. The Labute approximate surface area is 115 Å². The molecule has 0 aliphatic carbocycles. The summed E-state index contributed by atoms with van der Waals surface area (Å²) < 4.78 is 10.8. The van der Waals surface area contributed by atoms with Crippen molar-refractivity contribution < 1.29 is 9.47 Å². The van der Waals surface area contributed by atoms with Crippen LogP contribution in [0.4, 0.5) is 0 Å². The standard InChI is InChI=1S/C15H17NO2Si/c1-17-12-5-6-13(18-2)15-14(12)11(7-9-16-15)8-10-19(3)4/h5-7,9,19H,1-4H3. The van der Waals surface area contributed by atoms with Crippen LogP contribution in [0.1, 0.15) is 5.56 Å². The minimum absolute atomic E-state index is 0.737. The molecule has 0 N–H and O–H groups in total. The average Bonchev–Trinajstić information content (AvgIpc) is 2.43. The van der Waals surface area contributed by atoms with Gasteiger partial charge in [-0.2, -0.15) is 0 Å². The van der Waals surface area contributed by atoms with Crippen molar-refractivity contribution in [3.05, 3.63) is 30.0 Å². The number of hydrogen-bond donors (Lipinski definition) is 0. The van der Waals surface area contributed by atoms with Gasteiger partial charge in [0.1, 0.15) is 25.8 Å². The van der Waals surface area contributed by atoms with Gasteiger partial charge in [-0.15, -0.1) is 5.54 Å². The first-order valence-electron chi connectivity index (χ1n) is 6.18. The van der Waals surface area contributed by atoms with E-state index in [9.17, 15) is 0 Å². The van der Waals surface area contributed by atoms with Crippen LogP contribution in [0.25, 0.3) is 10.9 Å². The van der Waals surface area contributed by atoms with Crippen molar-refractivity contribution in [2.75, 3.05) is 14.2 Å². The maximum absolute atomic E-state index is 5.42. The second kappa shape index (κ2) is 5.76. The maximum Gasteiger partial charge on any atom is 0.145 e. The van der Waals surface area contributed by atoms with Gasteiger partial charge in [0, 0.05) is 11.8 Å². The SMILES string of the molecule is COc1ccc(OC)c2c(C#C[SiH](C)C)ccnc12. The normalized spacial score (nSPS) is 10.2. The summed E-state index contributed by atoms with van der Waals surface area (Å²) in [7, 11) is 2.38. The summed E-state index contributed by atoms with van der Waals surface area (Å²) in [6.07, 6.45) is 1.76. The topological polar surface area (TPSA) is 31.4 Å². The van der Waals surface area contributed by atoms with Crippen LogP contribution in [0.3, 0.4) is 0 Å². The number of pyridine rings is 1. The van der Waals surface area contributed by atoms with Crippen LogP contribution in [0.2, 0.25) is 13.1 Å². The van der Waals surface area contributed by atoms with E-state index in [1.54, 1.807) is 20.4 Å². The summed E-state index contributed by atoms with van der Waals surface area (Å²) >= 11 is 0. The zero-order valence-electron chi connectivity index (χ0n) is 11.7. The van der Waals surface area contributed by atoms with Gasteiger partial charge in [0.25, 0.3) is 0 Å². The Morgan fingerprint density at radius 2 is 1.74 bits per heavy atom. The molecule has 0 saturated carbocycles. The van der Waals surface area contributed by atoms with Gasteiger partial charge in [-0.05, 0) is 18.2 Å². The fraction of sp³-hybridized carbons (Fsp3) is 0.267. The van der Waals surface area contributed by atoms with Crippen LogP contribution < -0.4 is 9.47 Å². The van der Waals surface area contributed by atoms with Crippen LogP contribution in [0, 0.1) is 11.5 Å². The number of fused-ring (bicyclic) bond motifs is 1. The third-order valence-electron chi connectivity index (χ3n) is 2.75. The quantitative estimate of drug-likeness (QED) is 0.621. The molecule has 0 fully saturated rings. The van der Waals surface area contributed by atoms with Crippen molar-refractivity contribution in [3.8, 4) is 23.0 Å². The third-order valence-corrected chi connectivity index (χ3v) is 3.47. The predicted octanol–water partition coefficient (Wildman–Crippen LogP) is 2.63. The van der Waals surface area contributed by atoms with Gasteiger partial charge in [-0.25, -0.2) is 0 Å². The summed E-state index contributed by atoms with van der Waals surface area (Å²) in [5, 5.41) is 0.923. The second-order valence-electron chi connectivity index (χ2n) is 4.48. The van der Waals surface area contributed by atoms with E-state index in [4.69, 9.17) is 9.47 Å². The molecule has 0 atom stereocenters. The monoisotopic (exact) mass is 271 g/mol. The number of benzene rings is 1. The molecule has 98 valence electrons. The Kier molecular flexibility index (Phi) is 4.08. The van der Waals surface area contributed by atoms with Gasteiger partial charge in [-0.1, -0.05) is 19.0 Å². The van der Waals surface area contributed by atoms with Crippen molar-refractivity contribution in [2.45, 2.75) is 13.1 Å². The van der Waals surface area contributed by atoms with E-state index in [-0.39, 0.29) is 0 Å². The Morgan fingerprint density at radius 3 is 2.37 bits per heavy atom. The molecular formula is C15H17NO2Si. The first kappa shape index (κ1) is 13.4. The molecule has 0 amide bonds. The Morgan fingerprint density at radius 1 is 1.05 bits per heavy atom. The highest BCUT2D eigenvalue weighted by Gasteiger charge is 2.11. The summed E-state index contributed by atoms with van der Waals surface area (Å²) in [5.41, 5.74) is 5.04.